The average molecular weight is 271 g/mol. The Labute approximate surface area is 120 Å². The minimum Gasteiger partial charge on any atom is -0.491 e. The molecule has 2 aromatic rings. The molecular formula is C17H21NO2. The molecule has 0 fully saturated rings. The fraction of sp³-hybridized carbons (Fsp3) is 0.294. The van der Waals surface area contributed by atoms with Gasteiger partial charge in [0.1, 0.15) is 12.4 Å². The predicted octanol–water partition coefficient (Wildman–Crippen LogP) is 3.30. The average Bonchev–Trinajstić information content (AvgIpc) is 2.49. The van der Waals surface area contributed by atoms with Gasteiger partial charge in [0.15, 0.2) is 0 Å². The molecular weight excluding hydrogens is 250 g/mol. The first-order valence-corrected chi connectivity index (χ1v) is 6.94. The van der Waals surface area contributed by atoms with E-state index >= 15 is 0 Å². The molecule has 0 bridgehead atoms. The van der Waals surface area contributed by atoms with E-state index in [2.05, 4.69) is 12.1 Å². The van der Waals surface area contributed by atoms with Crippen molar-refractivity contribution >= 4 is 5.69 Å². The molecule has 2 aromatic carbocycles. The lowest BCUT2D eigenvalue weighted by Crippen LogP contribution is -2.07. The van der Waals surface area contributed by atoms with E-state index < -0.39 is 0 Å². The maximum atomic E-state index is 5.65. The van der Waals surface area contributed by atoms with Gasteiger partial charge in [0.25, 0.3) is 0 Å². The maximum absolute atomic E-state index is 5.65. The lowest BCUT2D eigenvalue weighted by Gasteiger charge is -2.07. The zero-order valence-corrected chi connectivity index (χ0v) is 11.6. The third-order valence-electron chi connectivity index (χ3n) is 2.97. The van der Waals surface area contributed by atoms with Gasteiger partial charge < -0.3 is 15.2 Å². The van der Waals surface area contributed by atoms with Crippen LogP contribution in [0, 0.1) is 0 Å². The maximum Gasteiger partial charge on any atom is 0.119 e. The second kappa shape index (κ2) is 8.23. The van der Waals surface area contributed by atoms with Gasteiger partial charge in [-0.2, -0.15) is 0 Å². The van der Waals surface area contributed by atoms with Crippen molar-refractivity contribution in [2.24, 2.45) is 0 Å². The summed E-state index contributed by atoms with van der Waals surface area (Å²) in [6.07, 6.45) is 2.02. The molecule has 106 valence electrons. The number of benzene rings is 2. The van der Waals surface area contributed by atoms with Crippen LogP contribution in [0.3, 0.4) is 0 Å². The third-order valence-corrected chi connectivity index (χ3v) is 2.97. The summed E-state index contributed by atoms with van der Waals surface area (Å²) in [7, 11) is 0. The van der Waals surface area contributed by atoms with Crippen molar-refractivity contribution in [2.75, 3.05) is 25.6 Å². The molecule has 0 amide bonds. The fourth-order valence-corrected chi connectivity index (χ4v) is 1.90. The lowest BCUT2D eigenvalue weighted by molar-refractivity contribution is 0.0985. The second-order valence-electron chi connectivity index (χ2n) is 4.62. The van der Waals surface area contributed by atoms with Crippen LogP contribution in [0.5, 0.6) is 5.75 Å². The van der Waals surface area contributed by atoms with Crippen LogP contribution in [-0.4, -0.2) is 19.8 Å². The molecule has 0 aliphatic carbocycles. The number of anilines is 1. The Morgan fingerprint density at radius 3 is 2.30 bits per heavy atom. The molecule has 0 heterocycles. The van der Waals surface area contributed by atoms with Crippen LogP contribution < -0.4 is 10.5 Å². The standard InChI is InChI=1S/C17H21NO2/c18-16-10-8-15(9-11-16)5-4-12-19-13-14-20-17-6-2-1-3-7-17/h1-3,6-11H,4-5,12-14,18H2. The number of rotatable bonds is 8. The van der Waals surface area contributed by atoms with E-state index in [9.17, 15) is 0 Å². The molecule has 2 rings (SSSR count). The lowest BCUT2D eigenvalue weighted by atomic mass is 10.1. The quantitative estimate of drug-likeness (QED) is 0.592. The topological polar surface area (TPSA) is 44.5 Å². The summed E-state index contributed by atoms with van der Waals surface area (Å²) in [4.78, 5) is 0. The van der Waals surface area contributed by atoms with E-state index in [0.29, 0.717) is 13.2 Å². The summed E-state index contributed by atoms with van der Waals surface area (Å²) < 4.78 is 11.1. The summed E-state index contributed by atoms with van der Waals surface area (Å²) in [5.41, 5.74) is 7.75. The Bertz CT molecular complexity index is 482. The van der Waals surface area contributed by atoms with Crippen molar-refractivity contribution < 1.29 is 9.47 Å². The Hall–Kier alpha value is -2.00. The normalized spacial score (nSPS) is 10.4. The molecule has 0 radical (unpaired) electrons. The highest BCUT2D eigenvalue weighted by Gasteiger charge is 1.95. The van der Waals surface area contributed by atoms with Gasteiger partial charge in [0, 0.05) is 12.3 Å². The Morgan fingerprint density at radius 2 is 1.55 bits per heavy atom. The van der Waals surface area contributed by atoms with E-state index in [4.69, 9.17) is 15.2 Å². The van der Waals surface area contributed by atoms with E-state index in [1.54, 1.807) is 0 Å². The van der Waals surface area contributed by atoms with Gasteiger partial charge in [0.2, 0.25) is 0 Å². The number of hydrogen-bond acceptors (Lipinski definition) is 3. The Balaban J connectivity index is 1.51. The summed E-state index contributed by atoms with van der Waals surface area (Å²) in [6, 6.07) is 17.8. The van der Waals surface area contributed by atoms with E-state index in [1.807, 2.05) is 42.5 Å². The molecule has 0 atom stereocenters. The highest BCUT2D eigenvalue weighted by atomic mass is 16.5. The monoisotopic (exact) mass is 271 g/mol. The van der Waals surface area contributed by atoms with Crippen LogP contribution in [0.2, 0.25) is 0 Å². The summed E-state index contributed by atoms with van der Waals surface area (Å²) in [6.45, 7) is 1.96. The zero-order chi connectivity index (χ0) is 14.0. The SMILES string of the molecule is Nc1ccc(CCCOCCOc2ccccc2)cc1. The van der Waals surface area contributed by atoms with Crippen molar-refractivity contribution in [2.45, 2.75) is 12.8 Å². The van der Waals surface area contributed by atoms with Crippen molar-refractivity contribution in [1.29, 1.82) is 0 Å². The number of nitrogens with two attached hydrogens (primary N) is 1. The van der Waals surface area contributed by atoms with Gasteiger partial charge in [-0.3, -0.25) is 0 Å². The largest absolute Gasteiger partial charge is 0.491 e. The van der Waals surface area contributed by atoms with Crippen LogP contribution in [-0.2, 0) is 11.2 Å². The number of ether oxygens (including phenoxy) is 2. The van der Waals surface area contributed by atoms with E-state index in [1.165, 1.54) is 5.56 Å². The molecule has 0 aromatic heterocycles. The number of hydrogen-bond donors (Lipinski definition) is 1. The molecule has 0 saturated heterocycles. The summed E-state index contributed by atoms with van der Waals surface area (Å²) >= 11 is 0. The smallest absolute Gasteiger partial charge is 0.119 e. The van der Waals surface area contributed by atoms with Crippen molar-refractivity contribution in [3.05, 3.63) is 60.2 Å². The minimum atomic E-state index is 0.589. The molecule has 20 heavy (non-hydrogen) atoms. The number of aryl methyl sites for hydroxylation is 1. The van der Waals surface area contributed by atoms with Crippen molar-refractivity contribution in [1.82, 2.24) is 0 Å². The molecule has 0 saturated carbocycles. The Morgan fingerprint density at radius 1 is 0.800 bits per heavy atom. The zero-order valence-electron chi connectivity index (χ0n) is 11.6. The van der Waals surface area contributed by atoms with Gasteiger partial charge in [-0.15, -0.1) is 0 Å². The van der Waals surface area contributed by atoms with Gasteiger partial charge >= 0.3 is 0 Å². The molecule has 0 unspecified atom stereocenters. The van der Waals surface area contributed by atoms with Crippen molar-refractivity contribution in [3.8, 4) is 5.75 Å². The highest BCUT2D eigenvalue weighted by Crippen LogP contribution is 2.08. The van der Waals surface area contributed by atoms with Gasteiger partial charge in [-0.25, -0.2) is 0 Å². The third kappa shape index (κ3) is 5.33. The first kappa shape index (κ1) is 14.4. The molecule has 3 heteroatoms. The van der Waals surface area contributed by atoms with Crippen LogP contribution in [0.1, 0.15) is 12.0 Å². The predicted molar refractivity (Wildman–Crippen MR) is 81.9 cm³/mol. The number of para-hydroxylation sites is 1. The van der Waals surface area contributed by atoms with E-state index in [-0.39, 0.29) is 0 Å². The highest BCUT2D eigenvalue weighted by molar-refractivity contribution is 5.39. The van der Waals surface area contributed by atoms with Gasteiger partial charge in [-0.05, 0) is 42.7 Å². The second-order valence-corrected chi connectivity index (χ2v) is 4.62. The molecule has 2 N–H and O–H groups in total. The molecule has 0 aliphatic rings. The van der Waals surface area contributed by atoms with E-state index in [0.717, 1.165) is 30.9 Å². The van der Waals surface area contributed by atoms with Crippen LogP contribution >= 0.6 is 0 Å². The minimum absolute atomic E-state index is 0.589. The van der Waals surface area contributed by atoms with Crippen molar-refractivity contribution in [3.63, 3.8) is 0 Å². The molecule has 0 spiro atoms. The first-order chi connectivity index (χ1) is 9.84. The van der Waals surface area contributed by atoms with Crippen LogP contribution in [0.15, 0.2) is 54.6 Å². The molecule has 3 nitrogen and oxygen atoms in total. The fourth-order valence-electron chi connectivity index (χ4n) is 1.90. The van der Waals surface area contributed by atoms with Crippen LogP contribution in [0.25, 0.3) is 0 Å². The van der Waals surface area contributed by atoms with Gasteiger partial charge in [-0.1, -0.05) is 30.3 Å². The Kier molecular flexibility index (Phi) is 5.93. The number of nitrogen functional groups attached to an aromatic ring is 1. The molecule has 0 aliphatic heterocycles. The van der Waals surface area contributed by atoms with Crippen LogP contribution in [0.4, 0.5) is 5.69 Å². The van der Waals surface area contributed by atoms with Gasteiger partial charge in [0.05, 0.1) is 6.61 Å². The first-order valence-electron chi connectivity index (χ1n) is 6.94. The summed E-state index contributed by atoms with van der Waals surface area (Å²) in [5.74, 6) is 0.887. The summed E-state index contributed by atoms with van der Waals surface area (Å²) in [5, 5.41) is 0.